The topological polar surface area (TPSA) is 62.1 Å². The van der Waals surface area contributed by atoms with Crippen LogP contribution in [0.5, 0.6) is 5.75 Å². The number of halogens is 2. The van der Waals surface area contributed by atoms with Crippen LogP contribution in [0.15, 0.2) is 78.4 Å². The molecule has 0 saturated carbocycles. The van der Waals surface area contributed by atoms with E-state index in [4.69, 9.17) is 27.9 Å². The number of benzene rings is 3. The van der Waals surface area contributed by atoms with Crippen LogP contribution in [0.4, 0.5) is 5.69 Å². The molecule has 0 aromatic heterocycles. The van der Waals surface area contributed by atoms with Crippen molar-refractivity contribution < 1.29 is 9.53 Å². The largest absolute Gasteiger partial charge is 0.487 e. The number of nitrogens with one attached hydrogen (secondary N) is 1. The van der Waals surface area contributed by atoms with Gasteiger partial charge < -0.3 is 10.1 Å². The fraction of sp³-hybridized carbons (Fsp3) is 0.0435. The number of nitrogens with zero attached hydrogens (tertiary/aromatic N) is 1. The SMILES string of the molecule is N#C/C(=C\c1ccc(OCc2ccccc2)c(Cl)c1)C(=O)Nc1ccccc1Cl. The van der Waals surface area contributed by atoms with E-state index in [1.807, 2.05) is 36.4 Å². The molecule has 0 aliphatic rings. The monoisotopic (exact) mass is 422 g/mol. The summed E-state index contributed by atoms with van der Waals surface area (Å²) in [5.41, 5.74) is 1.99. The second-order valence-electron chi connectivity index (χ2n) is 6.07. The molecular formula is C23H16Cl2N2O2. The van der Waals surface area contributed by atoms with E-state index in [0.29, 0.717) is 33.7 Å². The van der Waals surface area contributed by atoms with Gasteiger partial charge in [-0.1, -0.05) is 71.7 Å². The summed E-state index contributed by atoms with van der Waals surface area (Å²) in [6.45, 7) is 0.388. The molecular weight excluding hydrogens is 407 g/mol. The molecule has 0 bridgehead atoms. The van der Waals surface area contributed by atoms with E-state index < -0.39 is 5.91 Å². The maximum atomic E-state index is 12.4. The van der Waals surface area contributed by atoms with Crippen molar-refractivity contribution in [2.45, 2.75) is 6.61 Å². The van der Waals surface area contributed by atoms with Crippen LogP contribution in [0.25, 0.3) is 6.08 Å². The predicted octanol–water partition coefficient (Wildman–Crippen LogP) is 6.12. The van der Waals surface area contributed by atoms with Crippen LogP contribution in [-0.2, 0) is 11.4 Å². The molecule has 29 heavy (non-hydrogen) atoms. The van der Waals surface area contributed by atoms with Crippen molar-refractivity contribution in [1.29, 1.82) is 5.26 Å². The molecule has 3 aromatic rings. The molecule has 0 fully saturated rings. The van der Waals surface area contributed by atoms with E-state index in [1.165, 1.54) is 6.08 Å². The Morgan fingerprint density at radius 3 is 2.41 bits per heavy atom. The zero-order chi connectivity index (χ0) is 20.6. The van der Waals surface area contributed by atoms with E-state index in [1.54, 1.807) is 42.5 Å². The quantitative estimate of drug-likeness (QED) is 0.384. The molecule has 3 rings (SSSR count). The predicted molar refractivity (Wildman–Crippen MR) is 116 cm³/mol. The first-order valence-electron chi connectivity index (χ1n) is 8.71. The molecule has 0 atom stereocenters. The van der Waals surface area contributed by atoms with Gasteiger partial charge in [-0.05, 0) is 41.5 Å². The number of carbonyl (C=O) groups excluding carboxylic acids is 1. The lowest BCUT2D eigenvalue weighted by Gasteiger charge is -2.09. The molecule has 0 radical (unpaired) electrons. The molecule has 3 aromatic carbocycles. The van der Waals surface area contributed by atoms with Gasteiger partial charge in [-0.25, -0.2) is 0 Å². The third-order valence-electron chi connectivity index (χ3n) is 3.99. The van der Waals surface area contributed by atoms with Crippen molar-refractivity contribution in [3.63, 3.8) is 0 Å². The minimum Gasteiger partial charge on any atom is -0.487 e. The third kappa shape index (κ3) is 5.61. The van der Waals surface area contributed by atoms with Gasteiger partial charge in [-0.2, -0.15) is 5.26 Å². The standard InChI is InChI=1S/C23H16Cl2N2O2/c24-19-8-4-5-9-21(19)27-23(28)18(14-26)12-17-10-11-22(20(25)13-17)29-15-16-6-2-1-3-7-16/h1-13H,15H2,(H,27,28)/b18-12+. The second-order valence-corrected chi connectivity index (χ2v) is 6.88. The first-order chi connectivity index (χ1) is 14.1. The maximum Gasteiger partial charge on any atom is 0.266 e. The van der Waals surface area contributed by atoms with E-state index in [2.05, 4.69) is 5.32 Å². The highest BCUT2D eigenvalue weighted by Crippen LogP contribution is 2.27. The van der Waals surface area contributed by atoms with Crippen LogP contribution in [-0.4, -0.2) is 5.91 Å². The fourth-order valence-electron chi connectivity index (χ4n) is 2.53. The Morgan fingerprint density at radius 1 is 1.00 bits per heavy atom. The number of carbonyl (C=O) groups is 1. The molecule has 4 nitrogen and oxygen atoms in total. The van der Waals surface area contributed by atoms with E-state index in [9.17, 15) is 10.1 Å². The molecule has 144 valence electrons. The second kappa shape index (κ2) is 9.79. The Morgan fingerprint density at radius 2 is 1.72 bits per heavy atom. The Balaban J connectivity index is 1.72. The molecule has 0 heterocycles. The minimum absolute atomic E-state index is 0.0704. The zero-order valence-corrected chi connectivity index (χ0v) is 16.7. The van der Waals surface area contributed by atoms with Gasteiger partial charge >= 0.3 is 0 Å². The Bertz CT molecular complexity index is 1090. The number of hydrogen-bond acceptors (Lipinski definition) is 3. The van der Waals surface area contributed by atoms with Crippen LogP contribution in [0.2, 0.25) is 10.0 Å². The number of ether oxygens (including phenoxy) is 1. The van der Waals surface area contributed by atoms with Gasteiger partial charge in [0.1, 0.15) is 24.0 Å². The summed E-state index contributed by atoms with van der Waals surface area (Å²) >= 11 is 12.3. The van der Waals surface area contributed by atoms with Crippen molar-refractivity contribution in [3.05, 3.63) is 99.5 Å². The number of nitriles is 1. The van der Waals surface area contributed by atoms with Crippen molar-refractivity contribution in [1.82, 2.24) is 0 Å². The lowest BCUT2D eigenvalue weighted by Crippen LogP contribution is -2.13. The fourth-order valence-corrected chi connectivity index (χ4v) is 2.95. The molecule has 0 saturated heterocycles. The molecule has 6 heteroatoms. The van der Waals surface area contributed by atoms with Crippen molar-refractivity contribution >= 4 is 40.9 Å². The van der Waals surface area contributed by atoms with Crippen molar-refractivity contribution in [2.24, 2.45) is 0 Å². The molecule has 0 aliphatic heterocycles. The highest BCUT2D eigenvalue weighted by atomic mass is 35.5. The van der Waals surface area contributed by atoms with E-state index in [-0.39, 0.29) is 5.57 Å². The Hall–Kier alpha value is -3.26. The van der Waals surface area contributed by atoms with Crippen LogP contribution < -0.4 is 10.1 Å². The first kappa shape index (κ1) is 20.5. The Kier molecular flexibility index (Phi) is 6.91. The van der Waals surface area contributed by atoms with Crippen molar-refractivity contribution in [3.8, 4) is 11.8 Å². The maximum absolute atomic E-state index is 12.4. The number of para-hydroxylation sites is 1. The summed E-state index contributed by atoms with van der Waals surface area (Å²) in [6.07, 6.45) is 1.46. The van der Waals surface area contributed by atoms with Crippen molar-refractivity contribution in [2.75, 3.05) is 5.32 Å². The van der Waals surface area contributed by atoms with Gasteiger partial charge in [-0.15, -0.1) is 0 Å². The summed E-state index contributed by atoms with van der Waals surface area (Å²) in [7, 11) is 0. The van der Waals surface area contributed by atoms with Gasteiger partial charge in [0.05, 0.1) is 15.7 Å². The first-order valence-corrected chi connectivity index (χ1v) is 9.46. The third-order valence-corrected chi connectivity index (χ3v) is 4.62. The number of hydrogen-bond donors (Lipinski definition) is 1. The van der Waals surface area contributed by atoms with Crippen LogP contribution in [0.1, 0.15) is 11.1 Å². The number of amides is 1. The van der Waals surface area contributed by atoms with Gasteiger partial charge in [0.15, 0.2) is 0 Å². The zero-order valence-electron chi connectivity index (χ0n) is 15.2. The van der Waals surface area contributed by atoms with Gasteiger partial charge in [-0.3, -0.25) is 4.79 Å². The number of anilines is 1. The minimum atomic E-state index is -0.555. The van der Waals surface area contributed by atoms with E-state index >= 15 is 0 Å². The average Bonchev–Trinajstić information content (AvgIpc) is 2.73. The van der Waals surface area contributed by atoms with Gasteiger partial charge in [0.2, 0.25) is 0 Å². The molecule has 0 unspecified atom stereocenters. The molecule has 1 N–H and O–H groups in total. The smallest absolute Gasteiger partial charge is 0.266 e. The van der Waals surface area contributed by atoms with Crippen LogP contribution >= 0.6 is 23.2 Å². The lowest BCUT2D eigenvalue weighted by atomic mass is 10.1. The summed E-state index contributed by atoms with van der Waals surface area (Å²) in [4.78, 5) is 12.4. The van der Waals surface area contributed by atoms with Crippen LogP contribution in [0, 0.1) is 11.3 Å². The lowest BCUT2D eigenvalue weighted by molar-refractivity contribution is -0.112. The normalized spacial score (nSPS) is 10.9. The highest BCUT2D eigenvalue weighted by Gasteiger charge is 2.12. The summed E-state index contributed by atoms with van der Waals surface area (Å²) in [6, 6.07) is 23.5. The van der Waals surface area contributed by atoms with E-state index in [0.717, 1.165) is 5.56 Å². The Labute approximate surface area is 179 Å². The van der Waals surface area contributed by atoms with Gasteiger partial charge in [0, 0.05) is 0 Å². The number of rotatable bonds is 6. The van der Waals surface area contributed by atoms with Crippen LogP contribution in [0.3, 0.4) is 0 Å². The summed E-state index contributed by atoms with van der Waals surface area (Å²) in [5.74, 6) is -0.0344. The highest BCUT2D eigenvalue weighted by molar-refractivity contribution is 6.34. The molecule has 0 aliphatic carbocycles. The van der Waals surface area contributed by atoms with Gasteiger partial charge in [0.25, 0.3) is 5.91 Å². The summed E-state index contributed by atoms with van der Waals surface area (Å²) in [5, 5.41) is 12.8. The summed E-state index contributed by atoms with van der Waals surface area (Å²) < 4.78 is 5.74. The molecule has 1 amide bonds. The average molecular weight is 423 g/mol. The molecule has 0 spiro atoms.